The molecule has 0 aromatic carbocycles. The Kier molecular flexibility index (Phi) is 6.10. The Morgan fingerprint density at radius 2 is 1.92 bits per heavy atom. The molecule has 2 aromatic rings. The van der Waals surface area contributed by atoms with E-state index in [1.807, 2.05) is 13.8 Å². The van der Waals surface area contributed by atoms with Crippen LogP contribution >= 0.6 is 0 Å². The van der Waals surface area contributed by atoms with Gasteiger partial charge < -0.3 is 15.7 Å². The fraction of sp³-hybridized carbons (Fsp3) is 0.438. The molecule has 0 fully saturated rings. The van der Waals surface area contributed by atoms with E-state index in [0.717, 1.165) is 0 Å². The normalized spacial score (nSPS) is 10.8. The number of carboxylic acids is 1. The van der Waals surface area contributed by atoms with E-state index >= 15 is 0 Å². The van der Waals surface area contributed by atoms with Crippen molar-refractivity contribution < 1.29 is 19.5 Å². The van der Waals surface area contributed by atoms with Gasteiger partial charge in [-0.25, -0.2) is 0 Å². The molecular formula is C16H22N6O4. The highest BCUT2D eigenvalue weighted by Crippen LogP contribution is 2.15. The molecular weight excluding hydrogens is 340 g/mol. The van der Waals surface area contributed by atoms with Crippen molar-refractivity contribution >= 4 is 23.5 Å². The minimum Gasteiger partial charge on any atom is -0.481 e. The van der Waals surface area contributed by atoms with Crippen LogP contribution in [0.1, 0.15) is 41.1 Å². The maximum absolute atomic E-state index is 12.4. The maximum atomic E-state index is 12.4. The lowest BCUT2D eigenvalue weighted by molar-refractivity contribution is -0.137. The highest BCUT2D eigenvalue weighted by Gasteiger charge is 2.20. The number of carbonyl (C=O) groups is 3. The second-order valence-electron chi connectivity index (χ2n) is 6.22. The van der Waals surface area contributed by atoms with Crippen molar-refractivity contribution in [2.75, 3.05) is 11.9 Å². The summed E-state index contributed by atoms with van der Waals surface area (Å²) < 4.78 is 2.77. The average Bonchev–Trinajstić information content (AvgIpc) is 3.18. The van der Waals surface area contributed by atoms with Crippen molar-refractivity contribution in [1.29, 1.82) is 0 Å². The summed E-state index contributed by atoms with van der Waals surface area (Å²) in [5.74, 6) is -1.44. The fourth-order valence-corrected chi connectivity index (χ4v) is 2.19. The first kappa shape index (κ1) is 19.2. The third-order valence-corrected chi connectivity index (χ3v) is 3.52. The number of aromatic nitrogens is 4. The number of nitrogens with one attached hydrogen (secondary N) is 2. The summed E-state index contributed by atoms with van der Waals surface area (Å²) in [6, 6.07) is 0. The Morgan fingerprint density at radius 1 is 1.19 bits per heavy atom. The van der Waals surface area contributed by atoms with E-state index in [1.54, 1.807) is 7.05 Å². The van der Waals surface area contributed by atoms with E-state index in [1.165, 1.54) is 28.0 Å². The monoisotopic (exact) mass is 362 g/mol. The maximum Gasteiger partial charge on any atom is 0.305 e. The van der Waals surface area contributed by atoms with Crippen LogP contribution in [0.2, 0.25) is 0 Å². The van der Waals surface area contributed by atoms with Crippen molar-refractivity contribution in [3.63, 3.8) is 0 Å². The highest BCUT2D eigenvalue weighted by molar-refractivity contribution is 6.08. The van der Waals surface area contributed by atoms with Gasteiger partial charge in [-0.1, -0.05) is 13.8 Å². The lowest BCUT2D eigenvalue weighted by atomic mass is 10.2. The molecule has 10 heteroatoms. The van der Waals surface area contributed by atoms with E-state index in [0.29, 0.717) is 12.5 Å². The number of rotatable bonds is 8. The Bertz CT molecular complexity index is 808. The second-order valence-corrected chi connectivity index (χ2v) is 6.22. The largest absolute Gasteiger partial charge is 0.481 e. The minimum absolute atomic E-state index is 0.0918. The van der Waals surface area contributed by atoms with Crippen LogP contribution in [0.15, 0.2) is 18.6 Å². The number of hydrogen-bond donors (Lipinski definition) is 3. The Labute approximate surface area is 150 Å². The molecule has 0 radical (unpaired) electrons. The standard InChI is InChI=1S/C16H22N6O4/c1-10(2)6-17-16(26)14-12(8-18-21(14)3)20-15(25)11-7-19-22(9-11)5-4-13(23)24/h7-10H,4-6H2,1-3H3,(H,17,26)(H,20,25)(H,23,24). The average molecular weight is 362 g/mol. The number of carboxylic acid groups (broad SMARTS) is 1. The molecule has 0 saturated carbocycles. The van der Waals surface area contributed by atoms with E-state index in [-0.39, 0.29) is 35.8 Å². The number of anilines is 1. The van der Waals surface area contributed by atoms with E-state index in [2.05, 4.69) is 20.8 Å². The molecule has 0 aliphatic heterocycles. The minimum atomic E-state index is -0.945. The van der Waals surface area contributed by atoms with Crippen LogP contribution in [0.4, 0.5) is 5.69 Å². The summed E-state index contributed by atoms with van der Waals surface area (Å²) in [5.41, 5.74) is 0.794. The Hall–Kier alpha value is -3.17. The predicted octanol–water partition coefficient (Wildman–Crippen LogP) is 0.729. The van der Waals surface area contributed by atoms with Gasteiger partial charge in [0.1, 0.15) is 5.69 Å². The molecule has 2 heterocycles. The lowest BCUT2D eigenvalue weighted by Gasteiger charge is -2.10. The van der Waals surface area contributed by atoms with Gasteiger partial charge in [-0.15, -0.1) is 0 Å². The lowest BCUT2D eigenvalue weighted by Crippen LogP contribution is -2.30. The molecule has 26 heavy (non-hydrogen) atoms. The smallest absolute Gasteiger partial charge is 0.305 e. The second kappa shape index (κ2) is 8.28. The van der Waals surface area contributed by atoms with Gasteiger partial charge in [0.2, 0.25) is 0 Å². The molecule has 0 bridgehead atoms. The van der Waals surface area contributed by atoms with Crippen molar-refractivity contribution in [2.24, 2.45) is 13.0 Å². The quantitative estimate of drug-likeness (QED) is 0.634. The van der Waals surface area contributed by atoms with Crippen LogP contribution in [-0.2, 0) is 18.4 Å². The molecule has 0 saturated heterocycles. The summed E-state index contributed by atoms with van der Waals surface area (Å²) in [7, 11) is 1.61. The number of nitrogens with zero attached hydrogens (tertiary/aromatic N) is 4. The number of aliphatic carboxylic acids is 1. The third kappa shape index (κ3) is 4.91. The van der Waals surface area contributed by atoms with Crippen LogP contribution in [0.5, 0.6) is 0 Å². The van der Waals surface area contributed by atoms with Crippen molar-refractivity contribution in [1.82, 2.24) is 24.9 Å². The predicted molar refractivity (Wildman–Crippen MR) is 92.8 cm³/mol. The summed E-state index contributed by atoms with van der Waals surface area (Å²) >= 11 is 0. The van der Waals surface area contributed by atoms with Crippen LogP contribution in [0.3, 0.4) is 0 Å². The molecule has 140 valence electrons. The van der Waals surface area contributed by atoms with Gasteiger partial charge >= 0.3 is 5.97 Å². The van der Waals surface area contributed by atoms with Crippen LogP contribution in [0, 0.1) is 5.92 Å². The summed E-state index contributed by atoms with van der Waals surface area (Å²) in [6.45, 7) is 4.63. The van der Waals surface area contributed by atoms with Gasteiger partial charge in [0.25, 0.3) is 11.8 Å². The van der Waals surface area contributed by atoms with Crippen LogP contribution in [0.25, 0.3) is 0 Å². The molecule has 2 aromatic heterocycles. The molecule has 10 nitrogen and oxygen atoms in total. The van der Waals surface area contributed by atoms with Gasteiger partial charge in [0.05, 0.1) is 36.6 Å². The summed E-state index contributed by atoms with van der Waals surface area (Å²) in [4.78, 5) is 35.3. The molecule has 3 N–H and O–H groups in total. The number of carbonyl (C=O) groups excluding carboxylic acids is 2. The zero-order chi connectivity index (χ0) is 19.3. The van der Waals surface area contributed by atoms with Crippen molar-refractivity contribution in [3.8, 4) is 0 Å². The first-order valence-corrected chi connectivity index (χ1v) is 8.13. The third-order valence-electron chi connectivity index (χ3n) is 3.52. The Morgan fingerprint density at radius 3 is 2.58 bits per heavy atom. The van der Waals surface area contributed by atoms with Gasteiger partial charge in [0, 0.05) is 19.8 Å². The summed E-state index contributed by atoms with van der Waals surface area (Å²) in [5, 5.41) is 22.1. The van der Waals surface area contributed by atoms with Gasteiger partial charge in [0.15, 0.2) is 0 Å². The topological polar surface area (TPSA) is 131 Å². The highest BCUT2D eigenvalue weighted by atomic mass is 16.4. The molecule has 0 spiro atoms. The number of hydrogen-bond acceptors (Lipinski definition) is 5. The first-order chi connectivity index (χ1) is 12.3. The molecule has 0 aliphatic carbocycles. The van der Waals surface area contributed by atoms with Gasteiger partial charge in [-0.2, -0.15) is 10.2 Å². The van der Waals surface area contributed by atoms with Crippen LogP contribution in [-0.4, -0.2) is 49.0 Å². The molecule has 2 rings (SSSR count). The van der Waals surface area contributed by atoms with Crippen molar-refractivity contribution in [2.45, 2.75) is 26.8 Å². The fourth-order valence-electron chi connectivity index (χ4n) is 2.19. The van der Waals surface area contributed by atoms with E-state index in [9.17, 15) is 14.4 Å². The molecule has 2 amide bonds. The van der Waals surface area contributed by atoms with E-state index in [4.69, 9.17) is 5.11 Å². The molecule has 0 atom stereocenters. The number of amides is 2. The molecule has 0 unspecified atom stereocenters. The Balaban J connectivity index is 2.07. The SMILES string of the molecule is CC(C)CNC(=O)c1c(NC(=O)c2cnn(CCC(=O)O)c2)cnn1C. The number of aryl methyl sites for hydroxylation is 2. The van der Waals surface area contributed by atoms with Gasteiger partial charge in [-0.05, 0) is 5.92 Å². The van der Waals surface area contributed by atoms with Gasteiger partial charge in [-0.3, -0.25) is 23.7 Å². The summed E-state index contributed by atoms with van der Waals surface area (Å²) in [6.07, 6.45) is 4.10. The zero-order valence-electron chi connectivity index (χ0n) is 14.9. The first-order valence-electron chi connectivity index (χ1n) is 8.13. The van der Waals surface area contributed by atoms with Crippen molar-refractivity contribution in [3.05, 3.63) is 29.8 Å². The zero-order valence-corrected chi connectivity index (χ0v) is 14.9. The van der Waals surface area contributed by atoms with Crippen LogP contribution < -0.4 is 10.6 Å². The van der Waals surface area contributed by atoms with E-state index < -0.39 is 11.9 Å². The molecule has 0 aliphatic rings.